The SMILES string of the molecule is C=CC(=O)Nc1cccc(Oc2nc(Nc3ccc(N4CCN(C)CC4)cc3OC)nc3[nH]cnc23)c1. The van der Waals surface area contributed by atoms with Crippen LogP contribution in [0.15, 0.2) is 61.4 Å². The fraction of sp³-hybridized carbons (Fsp3) is 0.231. The van der Waals surface area contributed by atoms with Gasteiger partial charge in [-0.05, 0) is 37.4 Å². The van der Waals surface area contributed by atoms with Gasteiger partial charge in [-0.2, -0.15) is 9.97 Å². The van der Waals surface area contributed by atoms with E-state index in [1.165, 1.54) is 12.4 Å². The maximum absolute atomic E-state index is 11.7. The normalized spacial score (nSPS) is 13.8. The molecule has 3 heterocycles. The second kappa shape index (κ2) is 10.5. The molecule has 5 rings (SSSR count). The van der Waals surface area contributed by atoms with Crippen molar-refractivity contribution in [2.75, 3.05) is 55.9 Å². The number of fused-ring (bicyclic) bond motifs is 1. The lowest BCUT2D eigenvalue weighted by Crippen LogP contribution is -2.44. The third kappa shape index (κ3) is 5.46. The number of rotatable bonds is 8. The number of carbonyl (C=O) groups is 1. The highest BCUT2D eigenvalue weighted by Gasteiger charge is 2.18. The molecule has 11 heteroatoms. The van der Waals surface area contributed by atoms with Crippen LogP contribution in [-0.2, 0) is 4.79 Å². The summed E-state index contributed by atoms with van der Waals surface area (Å²) in [6.45, 7) is 7.44. The van der Waals surface area contributed by atoms with E-state index in [2.05, 4.69) is 60.1 Å². The molecular formula is C26H28N8O3. The van der Waals surface area contributed by atoms with E-state index in [9.17, 15) is 4.79 Å². The van der Waals surface area contributed by atoms with E-state index in [0.717, 1.165) is 37.6 Å². The molecule has 4 aromatic rings. The van der Waals surface area contributed by atoms with Gasteiger partial charge in [0, 0.05) is 49.7 Å². The van der Waals surface area contributed by atoms with Gasteiger partial charge in [-0.15, -0.1) is 0 Å². The summed E-state index contributed by atoms with van der Waals surface area (Å²) in [7, 11) is 3.77. The molecule has 11 nitrogen and oxygen atoms in total. The molecule has 0 aliphatic carbocycles. The number of hydrogen-bond acceptors (Lipinski definition) is 9. The summed E-state index contributed by atoms with van der Waals surface area (Å²) >= 11 is 0. The molecule has 0 atom stereocenters. The first kappa shape index (κ1) is 24.1. The van der Waals surface area contributed by atoms with Crippen molar-refractivity contribution in [1.29, 1.82) is 0 Å². The number of amides is 1. The quantitative estimate of drug-likeness (QED) is 0.310. The van der Waals surface area contributed by atoms with Crippen LogP contribution in [0.25, 0.3) is 11.2 Å². The number of methoxy groups -OCH3 is 1. The van der Waals surface area contributed by atoms with Crippen LogP contribution in [0, 0.1) is 0 Å². The van der Waals surface area contributed by atoms with Crippen molar-refractivity contribution in [2.45, 2.75) is 0 Å². The van der Waals surface area contributed by atoms with E-state index in [0.29, 0.717) is 34.3 Å². The van der Waals surface area contributed by atoms with Crippen LogP contribution in [0.4, 0.5) is 23.0 Å². The van der Waals surface area contributed by atoms with Gasteiger partial charge >= 0.3 is 0 Å². The van der Waals surface area contributed by atoms with Crippen LogP contribution in [-0.4, -0.2) is 71.1 Å². The number of hydrogen-bond donors (Lipinski definition) is 3. The molecule has 2 aromatic heterocycles. The molecule has 3 N–H and O–H groups in total. The van der Waals surface area contributed by atoms with Crippen LogP contribution in [0.1, 0.15) is 0 Å². The Kier molecular flexibility index (Phi) is 6.86. The summed E-state index contributed by atoms with van der Waals surface area (Å²) < 4.78 is 11.7. The van der Waals surface area contributed by atoms with E-state index >= 15 is 0 Å². The number of carbonyl (C=O) groups excluding carboxylic acids is 1. The van der Waals surface area contributed by atoms with E-state index in [1.54, 1.807) is 31.4 Å². The Morgan fingerprint density at radius 1 is 1.14 bits per heavy atom. The Balaban J connectivity index is 1.40. The first-order chi connectivity index (χ1) is 18.0. The van der Waals surface area contributed by atoms with Crippen LogP contribution in [0.3, 0.4) is 0 Å². The van der Waals surface area contributed by atoms with Gasteiger partial charge in [0.05, 0.1) is 19.1 Å². The highest BCUT2D eigenvalue weighted by Crippen LogP contribution is 2.34. The predicted molar refractivity (Wildman–Crippen MR) is 143 cm³/mol. The number of nitrogens with zero attached hydrogens (tertiary/aromatic N) is 5. The minimum absolute atomic E-state index is 0.258. The lowest BCUT2D eigenvalue weighted by molar-refractivity contribution is -0.111. The topological polar surface area (TPSA) is 121 Å². The van der Waals surface area contributed by atoms with E-state index in [4.69, 9.17) is 9.47 Å². The summed E-state index contributed by atoms with van der Waals surface area (Å²) in [6, 6.07) is 13.0. The number of aromatic nitrogens is 4. The fourth-order valence-corrected chi connectivity index (χ4v) is 4.04. The number of likely N-dealkylation sites (N-methyl/N-ethyl adjacent to an activating group) is 1. The molecule has 37 heavy (non-hydrogen) atoms. The van der Waals surface area contributed by atoms with Crippen molar-refractivity contribution < 1.29 is 14.3 Å². The highest BCUT2D eigenvalue weighted by molar-refractivity contribution is 5.99. The molecule has 0 spiro atoms. The second-order valence-electron chi connectivity index (χ2n) is 8.58. The predicted octanol–water partition coefficient (Wildman–Crippen LogP) is 3.77. The van der Waals surface area contributed by atoms with Gasteiger partial charge in [-0.3, -0.25) is 4.79 Å². The summed E-state index contributed by atoms with van der Waals surface area (Å²) in [4.78, 5) is 32.7. The first-order valence-corrected chi connectivity index (χ1v) is 11.8. The zero-order chi connectivity index (χ0) is 25.8. The van der Waals surface area contributed by atoms with Crippen LogP contribution < -0.4 is 25.0 Å². The number of piperazine rings is 1. The van der Waals surface area contributed by atoms with E-state index in [-0.39, 0.29) is 11.8 Å². The molecule has 1 saturated heterocycles. The molecular weight excluding hydrogens is 472 g/mol. The Bertz CT molecular complexity index is 1430. The number of nitrogens with one attached hydrogen (secondary N) is 3. The monoisotopic (exact) mass is 500 g/mol. The number of aromatic amines is 1. The number of anilines is 4. The fourth-order valence-electron chi connectivity index (χ4n) is 4.04. The van der Waals surface area contributed by atoms with Gasteiger partial charge in [-0.25, -0.2) is 4.98 Å². The Labute approximate surface area is 214 Å². The van der Waals surface area contributed by atoms with Gasteiger partial charge in [-0.1, -0.05) is 12.6 Å². The third-order valence-corrected chi connectivity index (χ3v) is 6.05. The first-order valence-electron chi connectivity index (χ1n) is 11.8. The zero-order valence-electron chi connectivity index (χ0n) is 20.7. The van der Waals surface area contributed by atoms with Gasteiger partial charge in [0.25, 0.3) is 5.88 Å². The van der Waals surface area contributed by atoms with Crippen LogP contribution in [0.2, 0.25) is 0 Å². The average Bonchev–Trinajstić information content (AvgIpc) is 3.39. The van der Waals surface area contributed by atoms with Crippen LogP contribution in [0.5, 0.6) is 17.4 Å². The molecule has 0 radical (unpaired) electrons. The summed E-state index contributed by atoms with van der Waals surface area (Å²) in [5.74, 6) is 1.42. The lowest BCUT2D eigenvalue weighted by atomic mass is 10.2. The van der Waals surface area contributed by atoms with Gasteiger partial charge in [0.2, 0.25) is 11.9 Å². The molecule has 2 aromatic carbocycles. The average molecular weight is 501 g/mol. The Morgan fingerprint density at radius 2 is 1.97 bits per heavy atom. The van der Waals surface area contributed by atoms with Gasteiger partial charge < -0.3 is 34.9 Å². The molecule has 1 aliphatic rings. The summed E-state index contributed by atoms with van der Waals surface area (Å²) in [6.07, 6.45) is 2.73. The number of H-pyrrole nitrogens is 1. The second-order valence-corrected chi connectivity index (χ2v) is 8.58. The minimum Gasteiger partial charge on any atom is -0.494 e. The summed E-state index contributed by atoms with van der Waals surface area (Å²) in [5.41, 5.74) is 3.38. The van der Waals surface area contributed by atoms with E-state index < -0.39 is 0 Å². The maximum atomic E-state index is 11.7. The zero-order valence-corrected chi connectivity index (χ0v) is 20.7. The molecule has 1 fully saturated rings. The Morgan fingerprint density at radius 3 is 2.76 bits per heavy atom. The lowest BCUT2D eigenvalue weighted by Gasteiger charge is -2.34. The summed E-state index contributed by atoms with van der Waals surface area (Å²) in [5, 5.41) is 5.96. The molecule has 1 amide bonds. The Hall–Kier alpha value is -4.64. The van der Waals surface area contributed by atoms with Crippen molar-refractivity contribution in [1.82, 2.24) is 24.8 Å². The highest BCUT2D eigenvalue weighted by atomic mass is 16.5. The standard InChI is InChI=1S/C26H28N8O3/c1-4-22(35)29-17-6-5-7-19(14-17)37-25-23-24(28-16-27-23)31-26(32-25)30-20-9-8-18(15-21(20)36-3)34-12-10-33(2)11-13-34/h4-9,14-16H,1,10-13H2,2-3H3,(H,29,35)(H2,27,28,30,31,32). The number of imidazole rings is 1. The molecule has 0 bridgehead atoms. The number of ether oxygens (including phenoxy) is 2. The maximum Gasteiger partial charge on any atom is 0.252 e. The number of benzene rings is 2. The van der Waals surface area contributed by atoms with Gasteiger partial charge in [0.15, 0.2) is 11.2 Å². The molecule has 0 unspecified atom stereocenters. The van der Waals surface area contributed by atoms with Crippen molar-refractivity contribution in [3.63, 3.8) is 0 Å². The van der Waals surface area contributed by atoms with Gasteiger partial charge in [0.1, 0.15) is 11.5 Å². The van der Waals surface area contributed by atoms with Crippen molar-refractivity contribution >= 4 is 40.1 Å². The smallest absolute Gasteiger partial charge is 0.252 e. The largest absolute Gasteiger partial charge is 0.494 e. The molecule has 190 valence electrons. The van der Waals surface area contributed by atoms with Crippen molar-refractivity contribution in [3.8, 4) is 17.4 Å². The third-order valence-electron chi connectivity index (χ3n) is 6.05. The van der Waals surface area contributed by atoms with Crippen molar-refractivity contribution in [3.05, 3.63) is 61.4 Å². The van der Waals surface area contributed by atoms with Crippen molar-refractivity contribution in [2.24, 2.45) is 0 Å². The van der Waals surface area contributed by atoms with E-state index in [1.807, 2.05) is 12.1 Å². The minimum atomic E-state index is -0.312. The van der Waals surface area contributed by atoms with Crippen LogP contribution >= 0.6 is 0 Å². The molecule has 1 aliphatic heterocycles. The molecule has 0 saturated carbocycles.